The second-order valence-electron chi connectivity index (χ2n) is 6.51. The maximum absolute atomic E-state index is 12.8. The van der Waals surface area contributed by atoms with Crippen LogP contribution in [0, 0.1) is 11.2 Å². The fourth-order valence-corrected chi connectivity index (χ4v) is 2.41. The molecule has 3 heteroatoms. The molecule has 0 aliphatic carbocycles. The molecular weight excluding hydrogens is 239 g/mol. The van der Waals surface area contributed by atoms with Gasteiger partial charge in [-0.3, -0.25) is 0 Å². The van der Waals surface area contributed by atoms with Crippen molar-refractivity contribution < 1.29 is 4.39 Å². The third kappa shape index (κ3) is 6.69. The van der Waals surface area contributed by atoms with E-state index in [2.05, 4.69) is 45.1 Å². The van der Waals surface area contributed by atoms with Gasteiger partial charge >= 0.3 is 0 Å². The van der Waals surface area contributed by atoms with E-state index >= 15 is 0 Å². The van der Waals surface area contributed by atoms with E-state index in [1.807, 2.05) is 12.1 Å². The van der Waals surface area contributed by atoms with Crippen molar-refractivity contribution in [1.29, 1.82) is 0 Å². The predicted molar refractivity (Wildman–Crippen MR) is 79.9 cm³/mol. The smallest absolute Gasteiger partial charge is 0.123 e. The van der Waals surface area contributed by atoms with Crippen molar-refractivity contribution in [3.8, 4) is 0 Å². The summed E-state index contributed by atoms with van der Waals surface area (Å²) in [5, 5.41) is 3.57. The van der Waals surface area contributed by atoms with Crippen LogP contribution in [0.25, 0.3) is 0 Å². The van der Waals surface area contributed by atoms with Crippen molar-refractivity contribution >= 4 is 0 Å². The lowest BCUT2D eigenvalue weighted by atomic mass is 9.92. The SMILES string of the molecule is CC(Cc1ccc(F)cc1)NCC(C)(C)CN(C)C. The molecule has 1 N–H and O–H groups in total. The number of nitrogens with one attached hydrogen (secondary N) is 1. The fraction of sp³-hybridized carbons (Fsp3) is 0.625. The van der Waals surface area contributed by atoms with Gasteiger partial charge in [-0.2, -0.15) is 0 Å². The summed E-state index contributed by atoms with van der Waals surface area (Å²) in [5.41, 5.74) is 1.42. The van der Waals surface area contributed by atoms with Crippen molar-refractivity contribution in [2.45, 2.75) is 33.2 Å². The van der Waals surface area contributed by atoms with Gasteiger partial charge < -0.3 is 10.2 Å². The fourth-order valence-electron chi connectivity index (χ4n) is 2.41. The molecular formula is C16H27FN2. The van der Waals surface area contributed by atoms with E-state index in [0.29, 0.717) is 6.04 Å². The molecule has 0 aliphatic heterocycles. The Hall–Kier alpha value is -0.930. The summed E-state index contributed by atoms with van der Waals surface area (Å²) in [6, 6.07) is 7.17. The van der Waals surface area contributed by atoms with Gasteiger partial charge in [0.15, 0.2) is 0 Å². The highest BCUT2D eigenvalue weighted by molar-refractivity contribution is 5.17. The minimum atomic E-state index is -0.170. The Balaban J connectivity index is 2.39. The van der Waals surface area contributed by atoms with Crippen molar-refractivity contribution in [3.63, 3.8) is 0 Å². The quantitative estimate of drug-likeness (QED) is 0.816. The van der Waals surface area contributed by atoms with Gasteiger partial charge in [-0.1, -0.05) is 26.0 Å². The molecule has 0 saturated carbocycles. The zero-order chi connectivity index (χ0) is 14.5. The van der Waals surface area contributed by atoms with Crippen molar-refractivity contribution in [2.75, 3.05) is 27.2 Å². The summed E-state index contributed by atoms with van der Waals surface area (Å²) in [6.07, 6.45) is 0.929. The maximum atomic E-state index is 12.8. The molecule has 108 valence electrons. The van der Waals surface area contributed by atoms with E-state index in [1.165, 1.54) is 17.7 Å². The highest BCUT2D eigenvalue weighted by Crippen LogP contribution is 2.15. The molecule has 1 aromatic rings. The van der Waals surface area contributed by atoms with Crippen LogP contribution in [-0.4, -0.2) is 38.1 Å². The number of benzene rings is 1. The van der Waals surface area contributed by atoms with Crippen molar-refractivity contribution in [1.82, 2.24) is 10.2 Å². The largest absolute Gasteiger partial charge is 0.313 e. The molecule has 0 radical (unpaired) electrons. The Morgan fingerprint density at radius 3 is 2.32 bits per heavy atom. The standard InChI is InChI=1S/C16H27FN2/c1-13(10-14-6-8-15(17)9-7-14)18-11-16(2,3)12-19(4)5/h6-9,13,18H,10-12H2,1-5H3. The number of hydrogen-bond donors (Lipinski definition) is 1. The van der Waals surface area contributed by atoms with Crippen LogP contribution in [0.1, 0.15) is 26.3 Å². The van der Waals surface area contributed by atoms with Gasteiger partial charge in [0.25, 0.3) is 0 Å². The third-order valence-electron chi connectivity index (χ3n) is 3.13. The zero-order valence-corrected chi connectivity index (χ0v) is 12.8. The summed E-state index contributed by atoms with van der Waals surface area (Å²) in [4.78, 5) is 2.21. The molecule has 0 saturated heterocycles. The van der Waals surface area contributed by atoms with Crippen LogP contribution in [0.15, 0.2) is 24.3 Å². The molecule has 0 amide bonds. The van der Waals surface area contributed by atoms with Crippen molar-refractivity contribution in [3.05, 3.63) is 35.6 Å². The molecule has 0 spiro atoms. The molecule has 0 bridgehead atoms. The lowest BCUT2D eigenvalue weighted by Gasteiger charge is -2.30. The van der Waals surface area contributed by atoms with Crippen molar-refractivity contribution in [2.24, 2.45) is 5.41 Å². The van der Waals surface area contributed by atoms with E-state index < -0.39 is 0 Å². The van der Waals surface area contributed by atoms with Crippen LogP contribution in [0.4, 0.5) is 4.39 Å². The highest BCUT2D eigenvalue weighted by Gasteiger charge is 2.19. The first-order valence-corrected chi connectivity index (χ1v) is 6.91. The van der Waals surface area contributed by atoms with Gasteiger partial charge in [0.05, 0.1) is 0 Å². The minimum Gasteiger partial charge on any atom is -0.313 e. The van der Waals surface area contributed by atoms with Gasteiger partial charge in [-0.25, -0.2) is 4.39 Å². The van der Waals surface area contributed by atoms with Crippen LogP contribution < -0.4 is 5.32 Å². The van der Waals surface area contributed by atoms with E-state index in [1.54, 1.807) is 0 Å². The van der Waals surface area contributed by atoms with E-state index in [0.717, 1.165) is 19.5 Å². The summed E-state index contributed by atoms with van der Waals surface area (Å²) in [6.45, 7) is 8.75. The third-order valence-corrected chi connectivity index (χ3v) is 3.13. The van der Waals surface area contributed by atoms with Crippen LogP contribution in [0.3, 0.4) is 0 Å². The molecule has 0 aromatic heterocycles. The van der Waals surface area contributed by atoms with Gasteiger partial charge in [0.1, 0.15) is 5.82 Å². The maximum Gasteiger partial charge on any atom is 0.123 e. The Labute approximate surface area is 117 Å². The van der Waals surface area contributed by atoms with Gasteiger partial charge in [-0.05, 0) is 50.6 Å². The second-order valence-corrected chi connectivity index (χ2v) is 6.51. The van der Waals surface area contributed by atoms with Crippen LogP contribution >= 0.6 is 0 Å². The molecule has 1 unspecified atom stereocenters. The average Bonchev–Trinajstić information content (AvgIpc) is 2.28. The second kappa shape index (κ2) is 7.01. The Kier molecular flexibility index (Phi) is 5.95. The first kappa shape index (κ1) is 16.1. The van der Waals surface area contributed by atoms with Gasteiger partial charge in [0.2, 0.25) is 0 Å². The molecule has 0 aliphatic rings. The Bertz CT molecular complexity index is 371. The molecule has 1 atom stereocenters. The summed E-state index contributed by atoms with van der Waals surface area (Å²) in [5.74, 6) is -0.170. The predicted octanol–water partition coefficient (Wildman–Crippen LogP) is 2.93. The molecule has 2 nitrogen and oxygen atoms in total. The monoisotopic (exact) mass is 266 g/mol. The summed E-state index contributed by atoms with van der Waals surface area (Å²) in [7, 11) is 4.20. The summed E-state index contributed by atoms with van der Waals surface area (Å²) < 4.78 is 12.8. The Morgan fingerprint density at radius 2 is 1.79 bits per heavy atom. The van der Waals surface area contributed by atoms with Gasteiger partial charge in [0, 0.05) is 19.1 Å². The molecule has 1 aromatic carbocycles. The first-order chi connectivity index (χ1) is 8.78. The molecule has 0 fully saturated rings. The number of nitrogens with zero attached hydrogens (tertiary/aromatic N) is 1. The molecule has 0 heterocycles. The van der Waals surface area contributed by atoms with Crippen LogP contribution in [0.5, 0.6) is 0 Å². The zero-order valence-electron chi connectivity index (χ0n) is 12.8. The molecule has 1 rings (SSSR count). The topological polar surface area (TPSA) is 15.3 Å². The Morgan fingerprint density at radius 1 is 1.21 bits per heavy atom. The lowest BCUT2D eigenvalue weighted by Crippen LogP contribution is -2.41. The minimum absolute atomic E-state index is 0.170. The highest BCUT2D eigenvalue weighted by atomic mass is 19.1. The lowest BCUT2D eigenvalue weighted by molar-refractivity contribution is 0.226. The number of rotatable bonds is 7. The summed E-state index contributed by atoms with van der Waals surface area (Å²) >= 11 is 0. The normalized spacial score (nSPS) is 13.8. The van der Waals surface area contributed by atoms with E-state index in [9.17, 15) is 4.39 Å². The van der Waals surface area contributed by atoms with Crippen LogP contribution in [-0.2, 0) is 6.42 Å². The first-order valence-electron chi connectivity index (χ1n) is 6.91. The van der Waals surface area contributed by atoms with E-state index in [4.69, 9.17) is 0 Å². The number of halogens is 1. The van der Waals surface area contributed by atoms with Crippen LogP contribution in [0.2, 0.25) is 0 Å². The number of hydrogen-bond acceptors (Lipinski definition) is 2. The van der Waals surface area contributed by atoms with E-state index in [-0.39, 0.29) is 11.2 Å². The average molecular weight is 266 g/mol. The van der Waals surface area contributed by atoms with Gasteiger partial charge in [-0.15, -0.1) is 0 Å². The molecule has 19 heavy (non-hydrogen) atoms.